The van der Waals surface area contributed by atoms with Crippen molar-refractivity contribution in [1.29, 1.82) is 0 Å². The van der Waals surface area contributed by atoms with E-state index in [0.717, 1.165) is 43.1 Å². The van der Waals surface area contributed by atoms with Crippen LogP contribution in [0.25, 0.3) is 0 Å². The Balaban J connectivity index is 0.00000176. The van der Waals surface area contributed by atoms with Gasteiger partial charge in [-0.15, -0.1) is 12.4 Å². The van der Waals surface area contributed by atoms with Gasteiger partial charge in [-0.2, -0.15) is 0 Å². The first-order valence-electron chi connectivity index (χ1n) is 7.63. The molecular formula is C16H23ClN2O3. The third-order valence-electron chi connectivity index (χ3n) is 4.06. The maximum absolute atomic E-state index is 12.3. The largest absolute Gasteiger partial charge is 0.486 e. The molecule has 0 spiro atoms. The lowest BCUT2D eigenvalue weighted by Gasteiger charge is -2.34. The van der Waals surface area contributed by atoms with E-state index in [4.69, 9.17) is 9.47 Å². The second-order valence-corrected chi connectivity index (χ2v) is 5.62. The summed E-state index contributed by atoms with van der Waals surface area (Å²) in [6.45, 7) is 5.87. The molecule has 1 fully saturated rings. The fraction of sp³-hybridized carbons (Fsp3) is 0.562. The Morgan fingerprint density at radius 2 is 2.09 bits per heavy atom. The van der Waals surface area contributed by atoms with E-state index in [1.165, 1.54) is 0 Å². The van der Waals surface area contributed by atoms with Crippen molar-refractivity contribution in [2.45, 2.75) is 25.8 Å². The van der Waals surface area contributed by atoms with Crippen molar-refractivity contribution in [2.75, 3.05) is 32.8 Å². The predicted octanol–water partition coefficient (Wildman–Crippen LogP) is 1.63. The van der Waals surface area contributed by atoms with Crippen LogP contribution in [0.5, 0.6) is 11.5 Å². The second-order valence-electron chi connectivity index (χ2n) is 5.62. The Kier molecular flexibility index (Phi) is 5.91. The van der Waals surface area contributed by atoms with Crippen molar-refractivity contribution in [3.05, 3.63) is 23.8 Å². The summed E-state index contributed by atoms with van der Waals surface area (Å²) in [6, 6.07) is 6.22. The number of nitrogens with one attached hydrogen (secondary N) is 1. The zero-order chi connectivity index (χ0) is 14.7. The predicted molar refractivity (Wildman–Crippen MR) is 87.0 cm³/mol. The first kappa shape index (κ1) is 16.9. The number of hydrogen-bond acceptors (Lipinski definition) is 4. The Hall–Kier alpha value is -1.46. The summed E-state index contributed by atoms with van der Waals surface area (Å²) in [5, 5.41) is 3.30. The van der Waals surface area contributed by atoms with Gasteiger partial charge in [-0.3, -0.25) is 4.79 Å². The van der Waals surface area contributed by atoms with Gasteiger partial charge in [0, 0.05) is 32.1 Å². The molecule has 2 aliphatic heterocycles. The maximum Gasteiger partial charge on any atom is 0.223 e. The van der Waals surface area contributed by atoms with Gasteiger partial charge in [-0.25, -0.2) is 0 Å². The lowest BCUT2D eigenvalue weighted by molar-refractivity contribution is -0.133. The molecule has 0 bridgehead atoms. The Morgan fingerprint density at radius 1 is 1.32 bits per heavy atom. The van der Waals surface area contributed by atoms with Crippen LogP contribution < -0.4 is 14.8 Å². The van der Waals surface area contributed by atoms with Crippen LogP contribution in [0.1, 0.15) is 18.9 Å². The number of aryl methyl sites for hydroxylation is 1. The van der Waals surface area contributed by atoms with Gasteiger partial charge in [-0.05, 0) is 31.0 Å². The first-order chi connectivity index (χ1) is 10.2. The average Bonchev–Trinajstić information content (AvgIpc) is 2.53. The fourth-order valence-electron chi connectivity index (χ4n) is 2.85. The van der Waals surface area contributed by atoms with Gasteiger partial charge >= 0.3 is 0 Å². The van der Waals surface area contributed by atoms with Crippen molar-refractivity contribution < 1.29 is 14.3 Å². The minimum Gasteiger partial charge on any atom is -0.486 e. The van der Waals surface area contributed by atoms with Crippen molar-refractivity contribution in [2.24, 2.45) is 0 Å². The molecule has 6 heteroatoms. The molecule has 2 aliphatic rings. The molecule has 1 aromatic carbocycles. The van der Waals surface area contributed by atoms with Crippen LogP contribution >= 0.6 is 12.4 Å². The molecule has 22 heavy (non-hydrogen) atoms. The molecule has 1 N–H and O–H groups in total. The van der Waals surface area contributed by atoms with Gasteiger partial charge in [0.1, 0.15) is 13.2 Å². The highest BCUT2D eigenvalue weighted by atomic mass is 35.5. The van der Waals surface area contributed by atoms with Gasteiger partial charge < -0.3 is 19.7 Å². The smallest absolute Gasteiger partial charge is 0.223 e. The van der Waals surface area contributed by atoms with Crippen molar-refractivity contribution in [3.8, 4) is 11.5 Å². The minimum absolute atomic E-state index is 0. The zero-order valence-electron chi connectivity index (χ0n) is 12.8. The number of halogens is 1. The molecule has 3 rings (SSSR count). The van der Waals surface area contributed by atoms with Crippen molar-refractivity contribution >= 4 is 18.3 Å². The van der Waals surface area contributed by atoms with E-state index in [-0.39, 0.29) is 24.4 Å². The van der Waals surface area contributed by atoms with E-state index in [0.29, 0.717) is 19.6 Å². The molecule has 0 aliphatic carbocycles. The van der Waals surface area contributed by atoms with E-state index in [1.807, 2.05) is 23.1 Å². The van der Waals surface area contributed by atoms with Crippen LogP contribution in [-0.2, 0) is 11.2 Å². The summed E-state index contributed by atoms with van der Waals surface area (Å²) in [4.78, 5) is 14.3. The van der Waals surface area contributed by atoms with Gasteiger partial charge in [0.05, 0.1) is 0 Å². The third kappa shape index (κ3) is 3.84. The molecule has 0 unspecified atom stereocenters. The molecule has 0 saturated carbocycles. The standard InChI is InChI=1S/C16H22N2O3.ClH/c1-12-11-17-6-7-18(12)16(19)5-3-13-2-4-14-15(10-13)21-9-8-20-14;/h2,4,10,12,17H,3,5-9,11H2,1H3;1H/t12-;/m0./s1. The summed E-state index contributed by atoms with van der Waals surface area (Å²) in [6.07, 6.45) is 1.29. The lowest BCUT2D eigenvalue weighted by Crippen LogP contribution is -2.52. The topological polar surface area (TPSA) is 50.8 Å². The highest BCUT2D eigenvalue weighted by Gasteiger charge is 2.22. The molecule has 5 nitrogen and oxygen atoms in total. The summed E-state index contributed by atoms with van der Waals surface area (Å²) in [7, 11) is 0. The molecule has 0 radical (unpaired) electrons. The fourth-order valence-corrected chi connectivity index (χ4v) is 2.85. The molecule has 1 saturated heterocycles. The number of piperazine rings is 1. The minimum atomic E-state index is 0. The van der Waals surface area contributed by atoms with Crippen LogP contribution in [0.4, 0.5) is 0 Å². The van der Waals surface area contributed by atoms with E-state index in [9.17, 15) is 4.79 Å². The first-order valence-corrected chi connectivity index (χ1v) is 7.63. The number of amides is 1. The summed E-state index contributed by atoms with van der Waals surface area (Å²) in [5.74, 6) is 1.83. The van der Waals surface area contributed by atoms with Crippen molar-refractivity contribution in [3.63, 3.8) is 0 Å². The number of fused-ring (bicyclic) bond motifs is 1. The molecule has 122 valence electrons. The van der Waals surface area contributed by atoms with Gasteiger partial charge in [0.15, 0.2) is 11.5 Å². The average molecular weight is 327 g/mol. The lowest BCUT2D eigenvalue weighted by atomic mass is 10.1. The van der Waals surface area contributed by atoms with Crippen LogP contribution in [0.3, 0.4) is 0 Å². The van der Waals surface area contributed by atoms with E-state index in [1.54, 1.807) is 0 Å². The van der Waals surface area contributed by atoms with Gasteiger partial charge in [0.2, 0.25) is 5.91 Å². The molecule has 1 amide bonds. The number of hydrogen-bond donors (Lipinski definition) is 1. The quantitative estimate of drug-likeness (QED) is 0.917. The molecule has 1 atom stereocenters. The van der Waals surface area contributed by atoms with Crippen LogP contribution in [-0.4, -0.2) is 49.7 Å². The van der Waals surface area contributed by atoms with Gasteiger partial charge in [0.25, 0.3) is 0 Å². The summed E-state index contributed by atoms with van der Waals surface area (Å²) in [5.41, 5.74) is 1.12. The monoisotopic (exact) mass is 326 g/mol. The molecular weight excluding hydrogens is 304 g/mol. The van der Waals surface area contributed by atoms with E-state index in [2.05, 4.69) is 12.2 Å². The zero-order valence-corrected chi connectivity index (χ0v) is 13.7. The van der Waals surface area contributed by atoms with Crippen LogP contribution in [0.2, 0.25) is 0 Å². The van der Waals surface area contributed by atoms with Gasteiger partial charge in [-0.1, -0.05) is 6.07 Å². The summed E-state index contributed by atoms with van der Waals surface area (Å²) < 4.78 is 11.1. The number of carbonyl (C=O) groups is 1. The van der Waals surface area contributed by atoms with Crippen LogP contribution in [0, 0.1) is 0 Å². The van der Waals surface area contributed by atoms with Crippen molar-refractivity contribution in [1.82, 2.24) is 10.2 Å². The SMILES string of the molecule is C[C@H]1CNCCN1C(=O)CCc1ccc2c(c1)OCCO2.Cl. The maximum atomic E-state index is 12.3. The number of rotatable bonds is 3. The number of nitrogens with zero attached hydrogens (tertiary/aromatic N) is 1. The third-order valence-corrected chi connectivity index (χ3v) is 4.06. The number of ether oxygens (including phenoxy) is 2. The Morgan fingerprint density at radius 3 is 2.86 bits per heavy atom. The highest BCUT2D eigenvalue weighted by molar-refractivity contribution is 5.85. The summed E-state index contributed by atoms with van der Waals surface area (Å²) >= 11 is 0. The second kappa shape index (κ2) is 7.70. The normalized spacial score (nSPS) is 20.2. The molecule has 0 aromatic heterocycles. The Labute approximate surface area is 137 Å². The number of carbonyl (C=O) groups excluding carboxylic acids is 1. The molecule has 2 heterocycles. The number of benzene rings is 1. The highest BCUT2D eigenvalue weighted by Crippen LogP contribution is 2.31. The van der Waals surface area contributed by atoms with E-state index >= 15 is 0 Å². The molecule has 1 aromatic rings. The Bertz CT molecular complexity index is 524. The van der Waals surface area contributed by atoms with Crippen LogP contribution in [0.15, 0.2) is 18.2 Å². The van der Waals surface area contributed by atoms with E-state index < -0.39 is 0 Å².